The van der Waals surface area contributed by atoms with E-state index in [1.807, 2.05) is 12.1 Å². The number of halogens is 1. The fraction of sp³-hybridized carbons (Fsp3) is 0.538. The van der Waals surface area contributed by atoms with Crippen LogP contribution >= 0.6 is 15.9 Å². The van der Waals surface area contributed by atoms with Gasteiger partial charge in [0.25, 0.3) is 0 Å². The molecule has 1 fully saturated rings. The lowest BCUT2D eigenvalue weighted by Crippen LogP contribution is -2.15. The number of rotatable bonds is 7. The molecule has 0 bridgehead atoms. The lowest BCUT2D eigenvalue weighted by molar-refractivity contribution is 0.233. The van der Waals surface area contributed by atoms with Crippen molar-refractivity contribution in [3.8, 4) is 5.75 Å². The van der Waals surface area contributed by atoms with Crippen LogP contribution in [0.2, 0.25) is 0 Å². The molecule has 17 heavy (non-hydrogen) atoms. The summed E-state index contributed by atoms with van der Waals surface area (Å²) in [7, 11) is 0. The Morgan fingerprint density at radius 1 is 1.41 bits per heavy atom. The Morgan fingerprint density at radius 2 is 2.24 bits per heavy atom. The summed E-state index contributed by atoms with van der Waals surface area (Å²) in [4.78, 5) is 0. The first-order chi connectivity index (χ1) is 8.29. The van der Waals surface area contributed by atoms with Gasteiger partial charge >= 0.3 is 0 Å². The standard InChI is InChI=1S/C13H18BrNO2/c14-13-5-4-12(17-7-1-6-16)8-10(13)9-15-11-2-3-11/h4-5,8,11,15-16H,1-3,6-7,9H2. The molecule has 1 aliphatic rings. The first-order valence-corrected chi connectivity index (χ1v) is 6.84. The Balaban J connectivity index is 1.90. The van der Waals surface area contributed by atoms with Crippen LogP contribution < -0.4 is 10.1 Å². The van der Waals surface area contributed by atoms with Gasteiger partial charge in [0.2, 0.25) is 0 Å². The number of benzene rings is 1. The molecule has 3 nitrogen and oxygen atoms in total. The van der Waals surface area contributed by atoms with Gasteiger partial charge in [-0.25, -0.2) is 0 Å². The average Bonchev–Trinajstić information content (AvgIpc) is 3.14. The third-order valence-electron chi connectivity index (χ3n) is 2.75. The molecular formula is C13H18BrNO2. The summed E-state index contributed by atoms with van der Waals surface area (Å²) in [5.41, 5.74) is 1.22. The second kappa shape index (κ2) is 6.38. The summed E-state index contributed by atoms with van der Waals surface area (Å²) >= 11 is 3.55. The first kappa shape index (κ1) is 12.9. The predicted molar refractivity (Wildman–Crippen MR) is 71.2 cm³/mol. The molecule has 1 aliphatic carbocycles. The predicted octanol–water partition coefficient (Wildman–Crippen LogP) is 2.46. The van der Waals surface area contributed by atoms with E-state index in [9.17, 15) is 0 Å². The average molecular weight is 300 g/mol. The molecule has 0 atom stereocenters. The first-order valence-electron chi connectivity index (χ1n) is 6.05. The van der Waals surface area contributed by atoms with E-state index in [1.54, 1.807) is 0 Å². The number of aliphatic hydroxyl groups is 1. The van der Waals surface area contributed by atoms with Crippen LogP contribution in [0.4, 0.5) is 0 Å². The van der Waals surface area contributed by atoms with Crippen molar-refractivity contribution in [3.05, 3.63) is 28.2 Å². The van der Waals surface area contributed by atoms with Crippen molar-refractivity contribution in [3.63, 3.8) is 0 Å². The molecule has 0 spiro atoms. The zero-order valence-electron chi connectivity index (χ0n) is 9.79. The molecule has 0 heterocycles. The SMILES string of the molecule is OCCCOc1ccc(Br)c(CNC2CC2)c1. The summed E-state index contributed by atoms with van der Waals surface area (Å²) in [6.07, 6.45) is 3.26. The van der Waals surface area contributed by atoms with Crippen LogP contribution in [-0.2, 0) is 6.54 Å². The molecule has 0 aliphatic heterocycles. The van der Waals surface area contributed by atoms with E-state index >= 15 is 0 Å². The fourth-order valence-electron chi connectivity index (χ4n) is 1.57. The lowest BCUT2D eigenvalue weighted by Gasteiger charge is -2.10. The molecule has 94 valence electrons. The molecule has 0 radical (unpaired) electrons. The van der Waals surface area contributed by atoms with Crippen molar-refractivity contribution in [2.75, 3.05) is 13.2 Å². The van der Waals surface area contributed by atoms with E-state index < -0.39 is 0 Å². The summed E-state index contributed by atoms with van der Waals surface area (Å²) in [5.74, 6) is 0.870. The second-order valence-corrected chi connectivity index (χ2v) is 5.19. The molecule has 0 saturated heterocycles. The molecule has 0 aromatic heterocycles. The van der Waals surface area contributed by atoms with E-state index in [4.69, 9.17) is 9.84 Å². The maximum absolute atomic E-state index is 8.70. The smallest absolute Gasteiger partial charge is 0.119 e. The van der Waals surface area contributed by atoms with Gasteiger partial charge < -0.3 is 15.2 Å². The number of nitrogens with one attached hydrogen (secondary N) is 1. The largest absolute Gasteiger partial charge is 0.493 e. The molecule has 1 aromatic rings. The van der Waals surface area contributed by atoms with Crippen LogP contribution in [0.3, 0.4) is 0 Å². The fourth-order valence-corrected chi connectivity index (χ4v) is 1.96. The molecule has 2 N–H and O–H groups in total. The van der Waals surface area contributed by atoms with Crippen LogP contribution in [-0.4, -0.2) is 24.4 Å². The highest BCUT2D eigenvalue weighted by atomic mass is 79.9. The second-order valence-electron chi connectivity index (χ2n) is 4.33. The van der Waals surface area contributed by atoms with Gasteiger partial charge in [-0.2, -0.15) is 0 Å². The topological polar surface area (TPSA) is 41.5 Å². The minimum Gasteiger partial charge on any atom is -0.493 e. The van der Waals surface area contributed by atoms with Gasteiger partial charge in [0.05, 0.1) is 6.61 Å². The molecule has 4 heteroatoms. The summed E-state index contributed by atoms with van der Waals surface area (Å²) in [6.45, 7) is 1.61. The highest BCUT2D eigenvalue weighted by Crippen LogP contribution is 2.25. The van der Waals surface area contributed by atoms with Crippen LogP contribution in [0.5, 0.6) is 5.75 Å². The van der Waals surface area contributed by atoms with E-state index in [0.717, 1.165) is 16.8 Å². The molecule has 0 unspecified atom stereocenters. The van der Waals surface area contributed by atoms with Crippen molar-refractivity contribution in [1.29, 1.82) is 0 Å². The summed E-state index contributed by atoms with van der Waals surface area (Å²) in [5, 5.41) is 12.2. The highest BCUT2D eigenvalue weighted by molar-refractivity contribution is 9.10. The van der Waals surface area contributed by atoms with Gasteiger partial charge in [-0.15, -0.1) is 0 Å². The van der Waals surface area contributed by atoms with Gasteiger partial charge in [0.1, 0.15) is 5.75 Å². The van der Waals surface area contributed by atoms with Gasteiger partial charge in [0.15, 0.2) is 0 Å². The van der Waals surface area contributed by atoms with Crippen molar-refractivity contribution < 1.29 is 9.84 Å². The zero-order valence-corrected chi connectivity index (χ0v) is 11.4. The van der Waals surface area contributed by atoms with Crippen molar-refractivity contribution in [2.45, 2.75) is 31.8 Å². The minimum atomic E-state index is 0.173. The van der Waals surface area contributed by atoms with E-state index in [1.165, 1.54) is 18.4 Å². The number of aliphatic hydroxyl groups excluding tert-OH is 1. The van der Waals surface area contributed by atoms with Crippen LogP contribution in [0.25, 0.3) is 0 Å². The third kappa shape index (κ3) is 4.30. The Kier molecular flexibility index (Phi) is 4.83. The molecule has 2 rings (SSSR count). The van der Waals surface area contributed by atoms with Gasteiger partial charge in [-0.05, 0) is 36.6 Å². The highest BCUT2D eigenvalue weighted by Gasteiger charge is 2.20. The van der Waals surface area contributed by atoms with Crippen molar-refractivity contribution in [1.82, 2.24) is 5.32 Å². The minimum absolute atomic E-state index is 0.173. The van der Waals surface area contributed by atoms with Gasteiger partial charge in [-0.1, -0.05) is 15.9 Å². The Hall–Kier alpha value is -0.580. The zero-order chi connectivity index (χ0) is 12.1. The van der Waals surface area contributed by atoms with E-state index in [-0.39, 0.29) is 6.61 Å². The number of hydrogen-bond donors (Lipinski definition) is 2. The summed E-state index contributed by atoms with van der Waals surface area (Å²) in [6, 6.07) is 6.72. The Bertz CT molecular complexity index is 366. The van der Waals surface area contributed by atoms with Gasteiger partial charge in [-0.3, -0.25) is 0 Å². The van der Waals surface area contributed by atoms with Crippen LogP contribution in [0, 0.1) is 0 Å². The maximum atomic E-state index is 8.70. The molecule has 1 saturated carbocycles. The van der Waals surface area contributed by atoms with E-state index in [2.05, 4.69) is 27.3 Å². The number of hydrogen-bond acceptors (Lipinski definition) is 3. The Labute approximate surface area is 110 Å². The van der Waals surface area contributed by atoms with Crippen LogP contribution in [0.1, 0.15) is 24.8 Å². The quantitative estimate of drug-likeness (QED) is 0.760. The van der Waals surface area contributed by atoms with Crippen molar-refractivity contribution in [2.24, 2.45) is 0 Å². The maximum Gasteiger partial charge on any atom is 0.119 e. The van der Waals surface area contributed by atoms with E-state index in [0.29, 0.717) is 19.1 Å². The third-order valence-corrected chi connectivity index (χ3v) is 3.52. The monoisotopic (exact) mass is 299 g/mol. The molecular weight excluding hydrogens is 282 g/mol. The Morgan fingerprint density at radius 3 is 2.94 bits per heavy atom. The lowest BCUT2D eigenvalue weighted by atomic mass is 10.2. The van der Waals surface area contributed by atoms with Crippen molar-refractivity contribution >= 4 is 15.9 Å². The molecule has 1 aromatic carbocycles. The summed E-state index contributed by atoms with van der Waals surface area (Å²) < 4.78 is 6.67. The number of ether oxygens (including phenoxy) is 1. The van der Waals surface area contributed by atoms with Gasteiger partial charge in [0, 0.05) is 30.1 Å². The normalized spacial score (nSPS) is 14.9. The van der Waals surface area contributed by atoms with Crippen LogP contribution in [0.15, 0.2) is 22.7 Å². The molecule has 0 amide bonds.